The van der Waals surface area contributed by atoms with E-state index in [9.17, 15) is 41.0 Å². The van der Waals surface area contributed by atoms with Crippen molar-refractivity contribution in [3.05, 3.63) is 41.9 Å². The van der Waals surface area contributed by atoms with Crippen LogP contribution in [0.1, 0.15) is 106 Å². The largest absolute Gasteiger partial charge is 0.490 e. The van der Waals surface area contributed by atoms with Crippen LogP contribution in [0.3, 0.4) is 0 Å². The second-order valence-corrected chi connectivity index (χ2v) is 16.6. The molecule has 4 atom stereocenters. The predicted molar refractivity (Wildman–Crippen MR) is 186 cm³/mol. The van der Waals surface area contributed by atoms with Crippen LogP contribution in [0.25, 0.3) is 22.3 Å². The molecule has 1 aromatic carbocycles. The fraction of sp³-hybridized carbons (Fsp3) is 0.641. The molecule has 2 N–H and O–H groups in total. The first-order valence-electron chi connectivity index (χ1n) is 19.2. The van der Waals surface area contributed by atoms with Crippen LogP contribution in [0.4, 0.5) is 26.3 Å². The number of fused-ring (bicyclic) bond motifs is 3. The minimum Gasteiger partial charge on any atom is -0.490 e. The van der Waals surface area contributed by atoms with E-state index in [2.05, 4.69) is 15.3 Å². The number of hydrogen-bond donors (Lipinski definition) is 2. The molecule has 3 aromatic rings. The average molecular weight is 762 g/mol. The van der Waals surface area contributed by atoms with E-state index >= 15 is 0 Å². The summed E-state index contributed by atoms with van der Waals surface area (Å²) in [5.74, 6) is -4.86. The summed E-state index contributed by atoms with van der Waals surface area (Å²) in [7, 11) is 0. The lowest BCUT2D eigenvalue weighted by Gasteiger charge is -2.46. The third-order valence-electron chi connectivity index (χ3n) is 12.8. The first-order valence-corrected chi connectivity index (χ1v) is 19.2. The molecule has 8 rings (SSSR count). The number of nitrogens with zero attached hydrogens (tertiary/aromatic N) is 4. The van der Waals surface area contributed by atoms with Gasteiger partial charge in [0.2, 0.25) is 0 Å². The van der Waals surface area contributed by atoms with Gasteiger partial charge in [-0.3, -0.25) is 9.69 Å². The van der Waals surface area contributed by atoms with Gasteiger partial charge in [-0.05, 0) is 107 Å². The number of rotatable bonds is 8. The molecule has 2 aromatic heterocycles. The zero-order chi connectivity index (χ0) is 38.2. The third kappa shape index (κ3) is 6.94. The summed E-state index contributed by atoms with van der Waals surface area (Å²) < 4.78 is 93.5. The summed E-state index contributed by atoms with van der Waals surface area (Å²) >= 11 is 0. The maximum atomic E-state index is 14.7. The molecule has 1 amide bonds. The lowest BCUT2D eigenvalue weighted by Crippen LogP contribution is -2.60. The highest BCUT2D eigenvalue weighted by Gasteiger charge is 2.56. The SMILES string of the molecule is CC1CC2CC(C1)C(NC(=O)c1cnc(-c3cn(C4CCC(F)CC4)c4cc(O[C@H]5CC[C@H](N6CC(F)(F)C6)CC5)ccc34)nc1C(F)(F)F)(C(=O)O)C2. The number of nitrogens with one attached hydrogen (secondary N) is 1. The van der Waals surface area contributed by atoms with Gasteiger partial charge in [0.15, 0.2) is 11.5 Å². The number of aromatic nitrogens is 3. The van der Waals surface area contributed by atoms with Gasteiger partial charge in [-0.1, -0.05) is 6.92 Å². The Kier molecular flexibility index (Phi) is 9.40. The number of hydrogen-bond acceptors (Lipinski definition) is 6. The Hall–Kier alpha value is -3.88. The van der Waals surface area contributed by atoms with Crippen molar-refractivity contribution in [2.45, 2.75) is 126 Å². The van der Waals surface area contributed by atoms with Crippen LogP contribution in [0.5, 0.6) is 5.75 Å². The first-order chi connectivity index (χ1) is 25.6. The summed E-state index contributed by atoms with van der Waals surface area (Å²) in [5.41, 5.74) is -3.03. The van der Waals surface area contributed by atoms with Crippen LogP contribution in [0.2, 0.25) is 0 Å². The molecule has 15 heteroatoms. The zero-order valence-corrected chi connectivity index (χ0v) is 30.1. The Morgan fingerprint density at radius 1 is 0.981 bits per heavy atom. The number of benzene rings is 1. The van der Waals surface area contributed by atoms with Crippen molar-refractivity contribution >= 4 is 22.8 Å². The number of halogens is 6. The van der Waals surface area contributed by atoms with Gasteiger partial charge >= 0.3 is 12.1 Å². The standard InChI is InChI=1S/C39H45F6N5O4/c1-21-12-22-14-23(13-21)38(16-22,36(52)53)48-35(51)30-17-46-34(47-33(30)39(43,44)45)31-18-50(26-4-2-24(40)3-5-26)32-15-28(10-11-29(31)32)54-27-8-6-25(7-9-27)49-19-37(41,42)20-49/h10-11,15,17-18,21-27H,2-9,12-14,16,19-20H2,1H3,(H,48,51)(H,52,53)/t21?,22?,23?,24?,25-,26?,27-,38?. The van der Waals surface area contributed by atoms with Crippen LogP contribution in [-0.4, -0.2) is 79.3 Å². The van der Waals surface area contributed by atoms with Crippen LogP contribution >= 0.6 is 0 Å². The molecule has 1 aliphatic heterocycles. The summed E-state index contributed by atoms with van der Waals surface area (Å²) in [6.07, 6.45) is 3.08. The second kappa shape index (κ2) is 13.7. The van der Waals surface area contributed by atoms with Crippen LogP contribution in [0, 0.1) is 17.8 Å². The van der Waals surface area contributed by atoms with Gasteiger partial charge in [0.25, 0.3) is 11.8 Å². The summed E-state index contributed by atoms with van der Waals surface area (Å²) in [6, 6.07) is 5.24. The Balaban J connectivity index is 1.09. The molecule has 54 heavy (non-hydrogen) atoms. The third-order valence-corrected chi connectivity index (χ3v) is 12.8. The highest BCUT2D eigenvalue weighted by Crippen LogP contribution is 2.51. The van der Waals surface area contributed by atoms with E-state index in [1.165, 1.54) is 0 Å². The highest BCUT2D eigenvalue weighted by atomic mass is 19.4. The van der Waals surface area contributed by atoms with Gasteiger partial charge in [-0.15, -0.1) is 0 Å². The van der Waals surface area contributed by atoms with Crippen molar-refractivity contribution < 1.29 is 45.8 Å². The average Bonchev–Trinajstić information content (AvgIpc) is 3.61. The van der Waals surface area contributed by atoms with E-state index in [-0.39, 0.29) is 55.4 Å². The van der Waals surface area contributed by atoms with Crippen molar-refractivity contribution in [2.75, 3.05) is 13.1 Å². The molecule has 1 saturated heterocycles. The van der Waals surface area contributed by atoms with Crippen LogP contribution in [0.15, 0.2) is 30.6 Å². The summed E-state index contributed by atoms with van der Waals surface area (Å²) in [6.45, 7) is 1.59. The molecule has 0 radical (unpaired) electrons. The quantitative estimate of drug-likeness (QED) is 0.223. The predicted octanol–water partition coefficient (Wildman–Crippen LogP) is 8.22. The summed E-state index contributed by atoms with van der Waals surface area (Å²) in [4.78, 5) is 36.2. The molecular formula is C39H45F6N5O4. The lowest BCUT2D eigenvalue weighted by atomic mass is 9.78. The molecule has 5 aliphatic rings. The van der Waals surface area contributed by atoms with E-state index in [0.717, 1.165) is 25.5 Å². The number of carbonyl (C=O) groups excluding carboxylic acids is 1. The van der Waals surface area contributed by atoms with Gasteiger partial charge in [-0.2, -0.15) is 13.2 Å². The molecule has 4 unspecified atom stereocenters. The highest BCUT2D eigenvalue weighted by molar-refractivity contribution is 6.00. The first kappa shape index (κ1) is 37.1. The van der Waals surface area contributed by atoms with Crippen molar-refractivity contribution in [3.8, 4) is 17.1 Å². The van der Waals surface area contributed by atoms with Gasteiger partial charge in [-0.25, -0.2) is 27.9 Å². The lowest BCUT2D eigenvalue weighted by molar-refractivity contribution is -0.151. The molecule has 4 aliphatic carbocycles. The van der Waals surface area contributed by atoms with Crippen molar-refractivity contribution in [1.29, 1.82) is 0 Å². The second-order valence-electron chi connectivity index (χ2n) is 16.6. The van der Waals surface area contributed by atoms with Gasteiger partial charge in [0, 0.05) is 41.5 Å². The van der Waals surface area contributed by atoms with Crippen molar-refractivity contribution in [3.63, 3.8) is 0 Å². The molecular weight excluding hydrogens is 716 g/mol. The van der Waals surface area contributed by atoms with Crippen molar-refractivity contribution in [2.24, 2.45) is 17.8 Å². The maximum absolute atomic E-state index is 14.7. The Morgan fingerprint density at radius 2 is 1.69 bits per heavy atom. The van der Waals surface area contributed by atoms with Crippen LogP contribution < -0.4 is 10.1 Å². The molecule has 4 saturated carbocycles. The van der Waals surface area contributed by atoms with E-state index in [1.54, 1.807) is 18.3 Å². The number of amides is 1. The normalized spacial score (nSPS) is 32.6. The Labute approximate surface area is 308 Å². The number of carboxylic acid groups (broad SMARTS) is 1. The van der Waals surface area contributed by atoms with Crippen molar-refractivity contribution in [1.82, 2.24) is 24.8 Å². The van der Waals surface area contributed by atoms with Gasteiger partial charge in [0.1, 0.15) is 17.5 Å². The minimum atomic E-state index is -5.06. The Morgan fingerprint density at radius 3 is 2.35 bits per heavy atom. The molecule has 3 heterocycles. The number of likely N-dealkylation sites (tertiary alicyclic amines) is 1. The number of alkyl halides is 6. The van der Waals surface area contributed by atoms with Gasteiger partial charge < -0.3 is 19.7 Å². The number of carbonyl (C=O) groups is 2. The van der Waals surface area contributed by atoms with Gasteiger partial charge in [0.05, 0.1) is 30.3 Å². The topological polar surface area (TPSA) is 110 Å². The fourth-order valence-electron chi connectivity index (χ4n) is 10.2. The molecule has 2 bridgehead atoms. The number of ether oxygens (including phenoxy) is 1. The molecule has 5 fully saturated rings. The fourth-order valence-corrected chi connectivity index (χ4v) is 10.2. The monoisotopic (exact) mass is 761 g/mol. The molecule has 9 nitrogen and oxygen atoms in total. The minimum absolute atomic E-state index is 0.0579. The number of carboxylic acids is 1. The molecule has 0 spiro atoms. The van der Waals surface area contributed by atoms with E-state index in [1.807, 2.05) is 22.5 Å². The van der Waals surface area contributed by atoms with Crippen LogP contribution in [-0.2, 0) is 11.0 Å². The van der Waals surface area contributed by atoms with E-state index in [0.29, 0.717) is 73.6 Å². The maximum Gasteiger partial charge on any atom is 0.434 e. The molecule has 292 valence electrons. The summed E-state index contributed by atoms with van der Waals surface area (Å²) in [5, 5.41) is 13.3. The number of aliphatic carboxylic acids is 1. The smallest absolute Gasteiger partial charge is 0.434 e. The van der Waals surface area contributed by atoms with E-state index in [4.69, 9.17) is 4.74 Å². The van der Waals surface area contributed by atoms with E-state index < -0.39 is 52.9 Å². The zero-order valence-electron chi connectivity index (χ0n) is 30.1. The Bertz CT molecular complexity index is 1910.